The lowest BCUT2D eigenvalue weighted by Crippen LogP contribution is -2.35. The summed E-state index contributed by atoms with van der Waals surface area (Å²) in [5.74, 6) is 0. The summed E-state index contributed by atoms with van der Waals surface area (Å²) >= 11 is 0. The van der Waals surface area contributed by atoms with Crippen LogP contribution >= 0.6 is 0 Å². The topological polar surface area (TPSA) is 75.5 Å². The van der Waals surface area contributed by atoms with E-state index in [-0.39, 0.29) is 0 Å². The summed E-state index contributed by atoms with van der Waals surface area (Å²) in [6, 6.07) is 22.3. The second-order valence-corrected chi connectivity index (χ2v) is 4.67. The van der Waals surface area contributed by atoms with Crippen LogP contribution in [-0.4, -0.2) is 5.54 Å². The number of hydrogen-bond donors (Lipinski definition) is 0. The SMILES string of the molecule is N#CC1(C#N)N=NN(c2ccccc2)C1c1ccccc1. The minimum Gasteiger partial charge on any atom is -0.235 e. The molecule has 1 aliphatic heterocycles. The first-order chi connectivity index (χ1) is 10.3. The van der Waals surface area contributed by atoms with Gasteiger partial charge in [0.05, 0.1) is 5.69 Å². The Morgan fingerprint density at radius 3 is 2.05 bits per heavy atom. The molecule has 0 saturated heterocycles. The quantitative estimate of drug-likeness (QED) is 0.841. The molecule has 1 atom stereocenters. The molecule has 0 fully saturated rings. The molecule has 1 aliphatic rings. The molecular formula is C16H11N5. The second-order valence-electron chi connectivity index (χ2n) is 4.67. The highest BCUT2D eigenvalue weighted by molar-refractivity contribution is 5.53. The van der Waals surface area contributed by atoms with Gasteiger partial charge in [0.15, 0.2) is 0 Å². The monoisotopic (exact) mass is 273 g/mol. The third kappa shape index (κ3) is 2.01. The second kappa shape index (κ2) is 5.07. The van der Waals surface area contributed by atoms with Gasteiger partial charge in [0.2, 0.25) is 0 Å². The van der Waals surface area contributed by atoms with Crippen molar-refractivity contribution in [2.45, 2.75) is 11.6 Å². The number of nitrogens with zero attached hydrogens (tertiary/aromatic N) is 5. The summed E-state index contributed by atoms with van der Waals surface area (Å²) in [7, 11) is 0. The first kappa shape index (κ1) is 12.8. The molecule has 1 heterocycles. The van der Waals surface area contributed by atoms with E-state index in [1.54, 1.807) is 5.01 Å². The number of rotatable bonds is 2. The van der Waals surface area contributed by atoms with E-state index in [2.05, 4.69) is 10.3 Å². The third-order valence-electron chi connectivity index (χ3n) is 3.42. The molecule has 5 heteroatoms. The molecule has 5 nitrogen and oxygen atoms in total. The van der Waals surface area contributed by atoms with Gasteiger partial charge in [-0.25, -0.2) is 5.01 Å². The van der Waals surface area contributed by atoms with Gasteiger partial charge >= 0.3 is 0 Å². The smallest absolute Gasteiger partial charge is 0.235 e. The summed E-state index contributed by atoms with van der Waals surface area (Å²) in [6.45, 7) is 0. The van der Waals surface area contributed by atoms with Gasteiger partial charge in [0, 0.05) is 0 Å². The zero-order chi connectivity index (χ0) is 14.7. The highest BCUT2D eigenvalue weighted by Gasteiger charge is 2.50. The molecule has 0 amide bonds. The van der Waals surface area contributed by atoms with Gasteiger partial charge in [-0.2, -0.15) is 10.5 Å². The Morgan fingerprint density at radius 2 is 1.48 bits per heavy atom. The molecular weight excluding hydrogens is 262 g/mol. The van der Waals surface area contributed by atoms with E-state index in [0.29, 0.717) is 0 Å². The molecule has 21 heavy (non-hydrogen) atoms. The van der Waals surface area contributed by atoms with Crippen molar-refractivity contribution in [3.63, 3.8) is 0 Å². The van der Waals surface area contributed by atoms with Crippen molar-refractivity contribution in [1.82, 2.24) is 0 Å². The van der Waals surface area contributed by atoms with Gasteiger partial charge in [-0.05, 0) is 17.7 Å². The average Bonchev–Trinajstić information content (AvgIpc) is 2.96. The first-order valence-electron chi connectivity index (χ1n) is 6.45. The van der Waals surface area contributed by atoms with Crippen LogP contribution in [-0.2, 0) is 0 Å². The molecule has 100 valence electrons. The number of hydrogen-bond acceptors (Lipinski definition) is 5. The lowest BCUT2D eigenvalue weighted by Gasteiger charge is -2.26. The average molecular weight is 273 g/mol. The van der Waals surface area contributed by atoms with Crippen molar-refractivity contribution in [2.24, 2.45) is 10.3 Å². The van der Waals surface area contributed by atoms with Gasteiger partial charge < -0.3 is 0 Å². The lowest BCUT2D eigenvalue weighted by atomic mass is 9.88. The Morgan fingerprint density at radius 1 is 0.905 bits per heavy atom. The normalized spacial score (nSPS) is 19.0. The van der Waals surface area contributed by atoms with Crippen molar-refractivity contribution < 1.29 is 0 Å². The maximum Gasteiger partial charge on any atom is 0.279 e. The van der Waals surface area contributed by atoms with Crippen molar-refractivity contribution in [3.05, 3.63) is 66.2 Å². The molecule has 3 rings (SSSR count). The minimum atomic E-state index is -1.53. The molecule has 0 aliphatic carbocycles. The summed E-state index contributed by atoms with van der Waals surface area (Å²) in [5, 5.41) is 28.6. The maximum atomic E-state index is 9.46. The molecule has 0 bridgehead atoms. The van der Waals surface area contributed by atoms with Crippen LogP contribution in [0.1, 0.15) is 11.6 Å². The summed E-state index contributed by atoms with van der Waals surface area (Å²) in [4.78, 5) is 0. The van der Waals surface area contributed by atoms with E-state index in [0.717, 1.165) is 11.3 Å². The first-order valence-corrected chi connectivity index (χ1v) is 6.45. The van der Waals surface area contributed by atoms with E-state index in [9.17, 15) is 10.5 Å². The van der Waals surface area contributed by atoms with Crippen molar-refractivity contribution >= 4 is 5.69 Å². The van der Waals surface area contributed by atoms with E-state index < -0.39 is 11.6 Å². The molecule has 0 radical (unpaired) electrons. The highest BCUT2D eigenvalue weighted by atomic mass is 15.6. The molecule has 2 aromatic carbocycles. The Hall–Kier alpha value is -3.18. The number of anilines is 1. The molecule has 1 unspecified atom stereocenters. The fourth-order valence-corrected chi connectivity index (χ4v) is 2.39. The molecule has 0 saturated carbocycles. The van der Waals surface area contributed by atoms with E-state index >= 15 is 0 Å². The fraction of sp³-hybridized carbons (Fsp3) is 0.125. The predicted molar refractivity (Wildman–Crippen MR) is 76.9 cm³/mol. The van der Waals surface area contributed by atoms with E-state index in [4.69, 9.17) is 0 Å². The Kier molecular flexibility index (Phi) is 3.10. The van der Waals surface area contributed by atoms with E-state index in [1.165, 1.54) is 0 Å². The van der Waals surface area contributed by atoms with Crippen LogP contribution in [0.15, 0.2) is 71.0 Å². The molecule has 0 aromatic heterocycles. The predicted octanol–water partition coefficient (Wildman–Crippen LogP) is 3.40. The lowest BCUT2D eigenvalue weighted by molar-refractivity contribution is 0.576. The number of benzene rings is 2. The molecule has 0 spiro atoms. The third-order valence-corrected chi connectivity index (χ3v) is 3.42. The molecule has 2 aromatic rings. The zero-order valence-corrected chi connectivity index (χ0v) is 11.1. The van der Waals surface area contributed by atoms with Crippen LogP contribution < -0.4 is 5.01 Å². The van der Waals surface area contributed by atoms with Crippen molar-refractivity contribution in [3.8, 4) is 12.1 Å². The van der Waals surface area contributed by atoms with Crippen molar-refractivity contribution in [1.29, 1.82) is 10.5 Å². The zero-order valence-electron chi connectivity index (χ0n) is 11.1. The van der Waals surface area contributed by atoms with Crippen LogP contribution in [0, 0.1) is 22.7 Å². The van der Waals surface area contributed by atoms with Crippen LogP contribution in [0.25, 0.3) is 0 Å². The van der Waals surface area contributed by atoms with Crippen LogP contribution in [0.5, 0.6) is 0 Å². The van der Waals surface area contributed by atoms with Gasteiger partial charge in [0.25, 0.3) is 5.54 Å². The van der Waals surface area contributed by atoms with E-state index in [1.807, 2.05) is 72.8 Å². The van der Waals surface area contributed by atoms with Crippen LogP contribution in [0.4, 0.5) is 5.69 Å². The van der Waals surface area contributed by atoms with Gasteiger partial charge in [-0.1, -0.05) is 53.8 Å². The standard InChI is InChI=1S/C16H11N5/c17-11-16(12-18)15(13-7-3-1-4-8-13)21(20-19-16)14-9-5-2-6-10-14/h1-10,15H. The Labute approximate surface area is 122 Å². The maximum absolute atomic E-state index is 9.46. The van der Waals surface area contributed by atoms with Crippen LogP contribution in [0.2, 0.25) is 0 Å². The fourth-order valence-electron chi connectivity index (χ4n) is 2.39. The Balaban J connectivity index is 2.13. The number of para-hydroxylation sites is 1. The molecule has 0 N–H and O–H groups in total. The largest absolute Gasteiger partial charge is 0.279 e. The Bertz CT molecular complexity index is 726. The number of nitriles is 2. The van der Waals surface area contributed by atoms with Crippen LogP contribution in [0.3, 0.4) is 0 Å². The van der Waals surface area contributed by atoms with Gasteiger partial charge in [-0.3, -0.25) is 0 Å². The van der Waals surface area contributed by atoms with Crippen molar-refractivity contribution in [2.75, 3.05) is 5.01 Å². The summed E-state index contributed by atoms with van der Waals surface area (Å²) < 4.78 is 0. The van der Waals surface area contributed by atoms with Gasteiger partial charge in [0.1, 0.15) is 18.2 Å². The summed E-state index contributed by atoms with van der Waals surface area (Å²) in [5.41, 5.74) is 0.0916. The van der Waals surface area contributed by atoms with Gasteiger partial charge in [-0.15, -0.1) is 5.11 Å². The highest BCUT2D eigenvalue weighted by Crippen LogP contribution is 2.42. The minimum absolute atomic E-state index is 0.559. The summed E-state index contributed by atoms with van der Waals surface area (Å²) in [6.07, 6.45) is 0.